The molecule has 126 valence electrons. The van der Waals surface area contributed by atoms with Gasteiger partial charge < -0.3 is 5.11 Å². The largest absolute Gasteiger partial charge is 0.417 e. The summed E-state index contributed by atoms with van der Waals surface area (Å²) in [5.74, 6) is -0.245. The number of alkyl halides is 3. The van der Waals surface area contributed by atoms with Crippen molar-refractivity contribution in [1.29, 1.82) is 5.26 Å². The molecule has 1 aliphatic carbocycles. The molecule has 9 heteroatoms. The number of halogens is 3. The van der Waals surface area contributed by atoms with Crippen molar-refractivity contribution in [2.45, 2.75) is 36.4 Å². The number of sulfonamides is 1. The summed E-state index contributed by atoms with van der Waals surface area (Å²) in [4.78, 5) is -0.559. The lowest BCUT2D eigenvalue weighted by Crippen LogP contribution is -2.32. The molecule has 0 saturated heterocycles. The second-order valence-corrected chi connectivity index (χ2v) is 7.19. The van der Waals surface area contributed by atoms with E-state index < -0.39 is 38.3 Å². The van der Waals surface area contributed by atoms with Crippen LogP contribution in [0.5, 0.6) is 0 Å². The zero-order valence-corrected chi connectivity index (χ0v) is 12.8. The van der Waals surface area contributed by atoms with Crippen LogP contribution >= 0.6 is 0 Å². The highest BCUT2D eigenvalue weighted by Crippen LogP contribution is 2.33. The molecule has 0 spiro atoms. The molecule has 0 heterocycles. The van der Waals surface area contributed by atoms with Crippen LogP contribution in [0.3, 0.4) is 0 Å². The van der Waals surface area contributed by atoms with E-state index >= 15 is 0 Å². The molecule has 1 aromatic rings. The minimum atomic E-state index is -4.82. The summed E-state index contributed by atoms with van der Waals surface area (Å²) < 4.78 is 65.1. The molecular formula is C14H15F3N2O3S. The van der Waals surface area contributed by atoms with Gasteiger partial charge in [0.1, 0.15) is 0 Å². The van der Waals surface area contributed by atoms with Crippen LogP contribution in [-0.2, 0) is 16.2 Å². The Morgan fingerprint density at radius 2 is 2.04 bits per heavy atom. The maximum absolute atomic E-state index is 12.9. The van der Waals surface area contributed by atoms with Crippen LogP contribution in [0.2, 0.25) is 0 Å². The van der Waals surface area contributed by atoms with Crippen LogP contribution in [0, 0.1) is 17.2 Å². The summed E-state index contributed by atoms with van der Waals surface area (Å²) in [7, 11) is -4.15. The molecule has 0 aliphatic heterocycles. The maximum Gasteiger partial charge on any atom is 0.417 e. The topological polar surface area (TPSA) is 90.2 Å². The number of aliphatic hydroxyl groups is 1. The van der Waals surface area contributed by atoms with Crippen molar-refractivity contribution in [3.63, 3.8) is 0 Å². The van der Waals surface area contributed by atoms with Crippen LogP contribution in [0.15, 0.2) is 23.1 Å². The van der Waals surface area contributed by atoms with E-state index in [4.69, 9.17) is 5.26 Å². The number of nitriles is 1. The number of benzene rings is 1. The highest BCUT2D eigenvalue weighted by Gasteiger charge is 2.35. The van der Waals surface area contributed by atoms with Gasteiger partial charge in [-0.25, -0.2) is 13.1 Å². The molecular weight excluding hydrogens is 333 g/mol. The zero-order valence-electron chi connectivity index (χ0n) is 12.0. The Bertz CT molecular complexity index is 726. The number of nitrogens with one attached hydrogen (secondary N) is 1. The van der Waals surface area contributed by atoms with Crippen molar-refractivity contribution in [2.24, 2.45) is 5.92 Å². The molecule has 23 heavy (non-hydrogen) atoms. The Labute approximate surface area is 131 Å². The van der Waals surface area contributed by atoms with E-state index in [1.165, 1.54) is 6.07 Å². The maximum atomic E-state index is 12.9. The van der Waals surface area contributed by atoms with Gasteiger partial charge in [-0.1, -0.05) is 6.42 Å². The first-order valence-corrected chi connectivity index (χ1v) is 8.42. The van der Waals surface area contributed by atoms with E-state index in [1.807, 2.05) is 0 Å². The van der Waals surface area contributed by atoms with Crippen molar-refractivity contribution < 1.29 is 26.7 Å². The minimum Gasteiger partial charge on any atom is -0.393 e. The van der Waals surface area contributed by atoms with Crippen molar-refractivity contribution in [2.75, 3.05) is 6.54 Å². The number of rotatable bonds is 4. The molecule has 2 rings (SSSR count). The van der Waals surface area contributed by atoms with Gasteiger partial charge in [-0.15, -0.1) is 0 Å². The van der Waals surface area contributed by atoms with Gasteiger partial charge in [-0.05, 0) is 37.0 Å². The molecule has 0 bridgehead atoms. The van der Waals surface area contributed by atoms with Gasteiger partial charge in [0.05, 0.1) is 28.2 Å². The molecule has 0 radical (unpaired) electrons. The molecule has 5 nitrogen and oxygen atoms in total. The second kappa shape index (κ2) is 6.47. The molecule has 1 fully saturated rings. The third kappa shape index (κ3) is 4.02. The van der Waals surface area contributed by atoms with Gasteiger partial charge in [0.25, 0.3) is 0 Å². The predicted octanol–water partition coefficient (Wildman–Crippen LogP) is 2.02. The SMILES string of the molecule is N#Cc1ccc(S(=O)(=O)NC[C@H]2CCC[C@H]2O)cc1C(F)(F)F. The van der Waals surface area contributed by atoms with Crippen molar-refractivity contribution >= 4 is 10.0 Å². The Morgan fingerprint density at radius 1 is 1.35 bits per heavy atom. The highest BCUT2D eigenvalue weighted by molar-refractivity contribution is 7.89. The molecule has 0 unspecified atom stereocenters. The molecule has 2 atom stereocenters. The first-order valence-electron chi connectivity index (χ1n) is 6.94. The second-order valence-electron chi connectivity index (χ2n) is 5.43. The lowest BCUT2D eigenvalue weighted by atomic mass is 10.1. The minimum absolute atomic E-state index is 0.0369. The van der Waals surface area contributed by atoms with Crippen molar-refractivity contribution in [3.8, 4) is 6.07 Å². The normalized spacial score (nSPS) is 22.0. The van der Waals surface area contributed by atoms with Crippen LogP contribution < -0.4 is 4.72 Å². The molecule has 1 aromatic carbocycles. The smallest absolute Gasteiger partial charge is 0.393 e. The van der Waals surface area contributed by atoms with Gasteiger partial charge in [0, 0.05) is 6.54 Å². The van der Waals surface area contributed by atoms with Gasteiger partial charge >= 0.3 is 6.18 Å². The molecule has 1 saturated carbocycles. The van der Waals surface area contributed by atoms with Crippen LogP contribution in [-0.4, -0.2) is 26.2 Å². The van der Waals surface area contributed by atoms with Gasteiger partial charge in [-0.2, -0.15) is 18.4 Å². The van der Waals surface area contributed by atoms with E-state index in [9.17, 15) is 26.7 Å². The van der Waals surface area contributed by atoms with Crippen LogP contribution in [0.1, 0.15) is 30.4 Å². The third-order valence-electron chi connectivity index (χ3n) is 3.88. The average molecular weight is 348 g/mol. The number of hydrogen-bond donors (Lipinski definition) is 2. The molecule has 0 amide bonds. The van der Waals surface area contributed by atoms with E-state index in [-0.39, 0.29) is 12.5 Å². The monoisotopic (exact) mass is 348 g/mol. The average Bonchev–Trinajstić information content (AvgIpc) is 2.89. The number of aliphatic hydroxyl groups excluding tert-OH is 1. The fraction of sp³-hybridized carbons (Fsp3) is 0.500. The fourth-order valence-electron chi connectivity index (χ4n) is 2.58. The van der Waals surface area contributed by atoms with E-state index in [0.717, 1.165) is 18.6 Å². The lowest BCUT2D eigenvalue weighted by molar-refractivity contribution is -0.137. The lowest BCUT2D eigenvalue weighted by Gasteiger charge is -2.16. The quantitative estimate of drug-likeness (QED) is 0.871. The Morgan fingerprint density at radius 3 is 2.57 bits per heavy atom. The first kappa shape index (κ1) is 17.7. The Balaban J connectivity index is 2.24. The molecule has 2 N–H and O–H groups in total. The highest BCUT2D eigenvalue weighted by atomic mass is 32.2. The summed E-state index contributed by atoms with van der Waals surface area (Å²) in [6.07, 6.45) is -3.41. The summed E-state index contributed by atoms with van der Waals surface area (Å²) in [5, 5.41) is 18.4. The summed E-state index contributed by atoms with van der Waals surface area (Å²) >= 11 is 0. The summed E-state index contributed by atoms with van der Waals surface area (Å²) in [6.45, 7) is -0.0369. The van der Waals surface area contributed by atoms with E-state index in [2.05, 4.69) is 4.72 Å². The van der Waals surface area contributed by atoms with Gasteiger partial charge in [0.2, 0.25) is 10.0 Å². The van der Waals surface area contributed by atoms with E-state index in [1.54, 1.807) is 0 Å². The van der Waals surface area contributed by atoms with Crippen molar-refractivity contribution in [1.82, 2.24) is 4.72 Å². The third-order valence-corrected chi connectivity index (χ3v) is 5.30. The van der Waals surface area contributed by atoms with E-state index in [0.29, 0.717) is 18.9 Å². The van der Waals surface area contributed by atoms with Crippen molar-refractivity contribution in [3.05, 3.63) is 29.3 Å². The number of hydrogen-bond acceptors (Lipinski definition) is 4. The Kier molecular flexibility index (Phi) is 4.98. The van der Waals surface area contributed by atoms with Crippen LogP contribution in [0.25, 0.3) is 0 Å². The van der Waals surface area contributed by atoms with Crippen LogP contribution in [0.4, 0.5) is 13.2 Å². The molecule has 1 aliphatic rings. The summed E-state index contributed by atoms with van der Waals surface area (Å²) in [6, 6.07) is 3.64. The first-order chi connectivity index (χ1) is 10.6. The molecule has 0 aromatic heterocycles. The fourth-order valence-corrected chi connectivity index (χ4v) is 3.70. The Hall–Kier alpha value is -1.63. The van der Waals surface area contributed by atoms with Gasteiger partial charge in [0.15, 0.2) is 0 Å². The predicted molar refractivity (Wildman–Crippen MR) is 74.7 cm³/mol. The van der Waals surface area contributed by atoms with Gasteiger partial charge in [-0.3, -0.25) is 0 Å². The number of nitrogens with zero attached hydrogens (tertiary/aromatic N) is 1. The summed E-state index contributed by atoms with van der Waals surface area (Å²) in [5.41, 5.74) is -1.92. The standard InChI is InChI=1S/C14H15F3N2O3S/c15-14(16,17)12-6-11(5-4-9(12)7-18)23(21,22)19-8-10-2-1-3-13(10)20/h4-6,10,13,19-20H,1-3,8H2/t10-,13-/m1/s1. The zero-order chi connectivity index (χ0) is 17.3.